The number of thiophene rings is 1. The molecule has 0 bridgehead atoms. The molecule has 16 heavy (non-hydrogen) atoms. The Morgan fingerprint density at radius 2 is 2.38 bits per heavy atom. The first-order valence-electron chi connectivity index (χ1n) is 4.82. The second-order valence-corrected chi connectivity index (χ2v) is 5.64. The van der Waals surface area contributed by atoms with Gasteiger partial charge in [-0.05, 0) is 25.5 Å². The van der Waals surface area contributed by atoms with Crippen molar-refractivity contribution in [3.05, 3.63) is 21.3 Å². The summed E-state index contributed by atoms with van der Waals surface area (Å²) in [6, 6.07) is 3.80. The topological polar surface area (TPSA) is 55.1 Å². The molecule has 3 N–H and O–H groups in total. The number of carbonyl (C=O) groups excluding carboxylic acids is 1. The van der Waals surface area contributed by atoms with Gasteiger partial charge in [-0.1, -0.05) is 23.8 Å². The minimum atomic E-state index is -0.415. The van der Waals surface area contributed by atoms with Crippen LogP contribution in [-0.4, -0.2) is 17.4 Å². The predicted octanol–water partition coefficient (Wildman–Crippen LogP) is 1.98. The van der Waals surface area contributed by atoms with E-state index in [9.17, 15) is 4.79 Å². The van der Waals surface area contributed by atoms with Gasteiger partial charge in [-0.2, -0.15) is 0 Å². The highest BCUT2D eigenvalue weighted by Gasteiger charge is 2.14. The molecule has 1 heterocycles. The van der Waals surface area contributed by atoms with E-state index in [-0.39, 0.29) is 10.9 Å². The van der Waals surface area contributed by atoms with Crippen molar-refractivity contribution >= 4 is 46.1 Å². The van der Waals surface area contributed by atoms with Crippen LogP contribution in [0, 0.1) is 5.92 Å². The van der Waals surface area contributed by atoms with E-state index in [0.717, 1.165) is 15.6 Å². The molecule has 0 aliphatic rings. The van der Waals surface area contributed by atoms with Gasteiger partial charge in [0.2, 0.25) is 5.91 Å². The van der Waals surface area contributed by atoms with Crippen molar-refractivity contribution in [1.29, 1.82) is 0 Å². The van der Waals surface area contributed by atoms with Gasteiger partial charge in [-0.25, -0.2) is 0 Å². The second-order valence-electron chi connectivity index (χ2n) is 3.37. The molecule has 0 saturated heterocycles. The van der Waals surface area contributed by atoms with Gasteiger partial charge in [-0.15, -0.1) is 11.3 Å². The second kappa shape index (κ2) is 6.18. The Morgan fingerprint density at radius 3 is 2.88 bits per heavy atom. The van der Waals surface area contributed by atoms with Gasteiger partial charge in [0, 0.05) is 11.4 Å². The molecule has 0 fully saturated rings. The van der Waals surface area contributed by atoms with Crippen molar-refractivity contribution in [1.82, 2.24) is 5.32 Å². The Balaban J connectivity index is 2.30. The molecular formula is C10H13ClN2OS2. The molecule has 3 nitrogen and oxygen atoms in total. The molecule has 1 unspecified atom stereocenters. The van der Waals surface area contributed by atoms with Gasteiger partial charge in [0.25, 0.3) is 0 Å². The van der Waals surface area contributed by atoms with Gasteiger partial charge < -0.3 is 11.1 Å². The van der Waals surface area contributed by atoms with E-state index in [2.05, 4.69) is 5.32 Å². The smallest absolute Gasteiger partial charge is 0.229 e. The lowest BCUT2D eigenvalue weighted by molar-refractivity contribution is -0.122. The van der Waals surface area contributed by atoms with E-state index in [1.807, 2.05) is 12.1 Å². The lowest BCUT2D eigenvalue weighted by Crippen LogP contribution is -2.36. The average Bonchev–Trinajstić information content (AvgIpc) is 2.62. The number of thiocarbonyl (C=S) groups is 1. The molecular weight excluding hydrogens is 264 g/mol. The number of nitrogens with two attached hydrogens (primary N) is 1. The van der Waals surface area contributed by atoms with Crippen LogP contribution in [0.5, 0.6) is 0 Å². The highest BCUT2D eigenvalue weighted by molar-refractivity contribution is 7.80. The molecule has 0 aromatic carbocycles. The number of hydrogen-bond donors (Lipinski definition) is 2. The molecule has 0 saturated carbocycles. The average molecular weight is 277 g/mol. The largest absolute Gasteiger partial charge is 0.393 e. The number of rotatable bonds is 5. The Labute approximate surface area is 109 Å². The molecule has 88 valence electrons. The summed E-state index contributed by atoms with van der Waals surface area (Å²) in [4.78, 5) is 12.8. The third kappa shape index (κ3) is 4.08. The van der Waals surface area contributed by atoms with Crippen molar-refractivity contribution < 1.29 is 4.79 Å². The first-order chi connectivity index (χ1) is 7.50. The van der Waals surface area contributed by atoms with Crippen LogP contribution in [0.4, 0.5) is 0 Å². The summed E-state index contributed by atoms with van der Waals surface area (Å²) in [5, 5.41) is 2.78. The number of nitrogens with one attached hydrogen (secondary N) is 1. The van der Waals surface area contributed by atoms with Crippen LogP contribution in [0.15, 0.2) is 12.1 Å². The van der Waals surface area contributed by atoms with Crippen molar-refractivity contribution in [2.75, 3.05) is 6.54 Å². The van der Waals surface area contributed by atoms with E-state index >= 15 is 0 Å². The highest BCUT2D eigenvalue weighted by Crippen LogP contribution is 2.21. The number of amides is 1. The van der Waals surface area contributed by atoms with E-state index in [0.29, 0.717) is 6.54 Å². The van der Waals surface area contributed by atoms with Crippen LogP contribution in [0.25, 0.3) is 0 Å². The molecule has 1 atom stereocenters. The third-order valence-electron chi connectivity index (χ3n) is 2.12. The lowest BCUT2D eigenvalue weighted by atomic mass is 10.1. The normalized spacial score (nSPS) is 12.1. The maximum atomic E-state index is 11.5. The van der Waals surface area contributed by atoms with Crippen molar-refractivity contribution in [2.45, 2.75) is 13.3 Å². The van der Waals surface area contributed by atoms with E-state index in [1.165, 1.54) is 11.3 Å². The molecule has 1 amide bonds. The van der Waals surface area contributed by atoms with Crippen molar-refractivity contribution in [2.24, 2.45) is 11.7 Å². The van der Waals surface area contributed by atoms with Crippen LogP contribution < -0.4 is 11.1 Å². The minimum absolute atomic E-state index is 0.129. The molecule has 1 rings (SSSR count). The summed E-state index contributed by atoms with van der Waals surface area (Å²) >= 11 is 12.1. The molecule has 0 spiro atoms. The quantitative estimate of drug-likeness (QED) is 0.809. The highest BCUT2D eigenvalue weighted by atomic mass is 35.5. The van der Waals surface area contributed by atoms with Gasteiger partial charge in [-0.3, -0.25) is 4.79 Å². The zero-order chi connectivity index (χ0) is 12.1. The SMILES string of the molecule is CC(C(=O)NCCc1ccc(Cl)s1)C(N)=S. The van der Waals surface area contributed by atoms with Crippen LogP contribution in [0.2, 0.25) is 4.34 Å². The summed E-state index contributed by atoms with van der Waals surface area (Å²) in [5.74, 6) is -0.544. The standard InChI is InChI=1S/C10H13ClN2OS2/c1-6(9(12)15)10(14)13-5-4-7-2-3-8(11)16-7/h2-3,6H,4-5H2,1H3,(H2,12,15)(H,13,14). The van der Waals surface area contributed by atoms with Crippen molar-refractivity contribution in [3.8, 4) is 0 Å². The molecule has 6 heteroatoms. The van der Waals surface area contributed by atoms with Gasteiger partial charge in [0.15, 0.2) is 0 Å². The summed E-state index contributed by atoms with van der Waals surface area (Å²) in [7, 11) is 0. The summed E-state index contributed by atoms with van der Waals surface area (Å²) in [6.07, 6.45) is 0.771. The predicted molar refractivity (Wildman–Crippen MR) is 72.0 cm³/mol. The van der Waals surface area contributed by atoms with E-state index in [4.69, 9.17) is 29.6 Å². The maximum absolute atomic E-state index is 11.5. The van der Waals surface area contributed by atoms with E-state index in [1.54, 1.807) is 6.92 Å². The first-order valence-corrected chi connectivity index (χ1v) is 6.42. The first kappa shape index (κ1) is 13.4. The van der Waals surface area contributed by atoms with Crippen LogP contribution >= 0.6 is 35.2 Å². The Morgan fingerprint density at radius 1 is 1.69 bits per heavy atom. The van der Waals surface area contributed by atoms with E-state index < -0.39 is 5.92 Å². The minimum Gasteiger partial charge on any atom is -0.393 e. The lowest BCUT2D eigenvalue weighted by Gasteiger charge is -2.09. The van der Waals surface area contributed by atoms with Crippen LogP contribution in [-0.2, 0) is 11.2 Å². The van der Waals surface area contributed by atoms with Gasteiger partial charge in [0.05, 0.1) is 15.2 Å². The fourth-order valence-electron chi connectivity index (χ4n) is 1.08. The summed E-state index contributed by atoms with van der Waals surface area (Å²) < 4.78 is 0.762. The summed E-state index contributed by atoms with van der Waals surface area (Å²) in [5.41, 5.74) is 5.38. The zero-order valence-electron chi connectivity index (χ0n) is 8.83. The van der Waals surface area contributed by atoms with Gasteiger partial charge >= 0.3 is 0 Å². The number of carbonyl (C=O) groups is 1. The molecule has 0 radical (unpaired) electrons. The van der Waals surface area contributed by atoms with Crippen molar-refractivity contribution in [3.63, 3.8) is 0 Å². The third-order valence-corrected chi connectivity index (χ3v) is 3.76. The molecule has 1 aromatic heterocycles. The number of halogens is 1. The molecule has 1 aromatic rings. The molecule has 0 aliphatic carbocycles. The zero-order valence-corrected chi connectivity index (χ0v) is 11.2. The Kier molecular flexibility index (Phi) is 5.18. The Bertz CT molecular complexity index is 392. The Hall–Kier alpha value is -0.650. The van der Waals surface area contributed by atoms with Gasteiger partial charge in [0.1, 0.15) is 0 Å². The maximum Gasteiger partial charge on any atom is 0.229 e. The monoisotopic (exact) mass is 276 g/mol. The molecule has 0 aliphatic heterocycles. The fraction of sp³-hybridized carbons (Fsp3) is 0.400. The van der Waals surface area contributed by atoms with Crippen LogP contribution in [0.1, 0.15) is 11.8 Å². The summed E-state index contributed by atoms with van der Waals surface area (Å²) in [6.45, 7) is 2.27. The fourth-order valence-corrected chi connectivity index (χ4v) is 2.27. The van der Waals surface area contributed by atoms with Crippen LogP contribution in [0.3, 0.4) is 0 Å². The number of hydrogen-bond acceptors (Lipinski definition) is 3.